The first-order valence-corrected chi connectivity index (χ1v) is 8.24. The van der Waals surface area contributed by atoms with Crippen LogP contribution < -0.4 is 0 Å². The molecule has 0 spiro atoms. The van der Waals surface area contributed by atoms with Gasteiger partial charge in [-0.15, -0.1) is 0 Å². The Balaban J connectivity index is 1.62. The van der Waals surface area contributed by atoms with Crippen molar-refractivity contribution in [2.45, 2.75) is 0 Å². The van der Waals surface area contributed by atoms with Gasteiger partial charge >= 0.3 is 0 Å². The summed E-state index contributed by atoms with van der Waals surface area (Å²) in [6.45, 7) is 4.39. The molecule has 0 aromatic heterocycles. The fourth-order valence-corrected chi connectivity index (χ4v) is 3.50. The first-order chi connectivity index (χ1) is 10.8. The van der Waals surface area contributed by atoms with Crippen LogP contribution in [0.5, 0.6) is 0 Å². The maximum Gasteiger partial charge on any atom is 0.286 e. The van der Waals surface area contributed by atoms with E-state index < -0.39 is 0 Å². The van der Waals surface area contributed by atoms with Crippen molar-refractivity contribution < 1.29 is 9.90 Å². The Kier molecular flexibility index (Phi) is 4.92. The number of β-amino-alcohol motifs (C(OH)–C–C–N with tert-alkyl or cyclic N) is 1. The molecule has 0 saturated carbocycles. The van der Waals surface area contributed by atoms with Gasteiger partial charge in [0.25, 0.3) is 5.91 Å². The van der Waals surface area contributed by atoms with Gasteiger partial charge in [0.2, 0.25) is 0 Å². The highest BCUT2D eigenvalue weighted by Gasteiger charge is 2.28. The van der Waals surface area contributed by atoms with Crippen molar-refractivity contribution in [2.24, 2.45) is 4.99 Å². The second-order valence-electron chi connectivity index (χ2n) is 5.27. The summed E-state index contributed by atoms with van der Waals surface area (Å²) in [5.74, 6) is -0.151. The van der Waals surface area contributed by atoms with Crippen molar-refractivity contribution in [1.29, 1.82) is 0 Å². The highest BCUT2D eigenvalue weighted by Crippen LogP contribution is 2.30. The second kappa shape index (κ2) is 7.09. The number of amidine groups is 1. The Morgan fingerprint density at radius 1 is 1.18 bits per heavy atom. The lowest BCUT2D eigenvalue weighted by atomic mass is 10.2. The average Bonchev–Trinajstić information content (AvgIpc) is 2.90. The molecular weight excluding hydrogens is 298 g/mol. The molecule has 2 aliphatic heterocycles. The smallest absolute Gasteiger partial charge is 0.286 e. The van der Waals surface area contributed by atoms with Crippen LogP contribution in [0, 0.1) is 0 Å². The SMILES string of the molecule is O=C1N=C(N2CCN(CCO)CC2)S/C1=C\c1ccccc1. The van der Waals surface area contributed by atoms with Gasteiger partial charge in [0, 0.05) is 32.7 Å². The molecule has 1 fully saturated rings. The van der Waals surface area contributed by atoms with Crippen molar-refractivity contribution in [1.82, 2.24) is 9.80 Å². The Hall–Kier alpha value is -1.63. The van der Waals surface area contributed by atoms with E-state index in [1.807, 2.05) is 36.4 Å². The molecule has 1 amide bonds. The number of hydrogen-bond donors (Lipinski definition) is 1. The third kappa shape index (κ3) is 3.58. The molecule has 6 heteroatoms. The van der Waals surface area contributed by atoms with Gasteiger partial charge in [0.1, 0.15) is 0 Å². The Morgan fingerprint density at radius 3 is 2.59 bits per heavy atom. The average molecular weight is 317 g/mol. The molecule has 2 heterocycles. The largest absolute Gasteiger partial charge is 0.395 e. The summed E-state index contributed by atoms with van der Waals surface area (Å²) in [6.07, 6.45) is 1.89. The van der Waals surface area contributed by atoms with E-state index in [1.54, 1.807) is 0 Å². The Labute approximate surface area is 134 Å². The number of amides is 1. The zero-order valence-electron chi connectivity index (χ0n) is 12.3. The molecule has 0 bridgehead atoms. The summed E-state index contributed by atoms with van der Waals surface area (Å²) in [5, 5.41) is 9.77. The summed E-state index contributed by atoms with van der Waals surface area (Å²) in [4.78, 5) is 21.3. The summed E-state index contributed by atoms with van der Waals surface area (Å²) in [5.41, 5.74) is 1.02. The van der Waals surface area contributed by atoms with Gasteiger partial charge in [-0.05, 0) is 23.4 Å². The van der Waals surface area contributed by atoms with Gasteiger partial charge in [0.05, 0.1) is 11.5 Å². The van der Waals surface area contributed by atoms with E-state index in [0.717, 1.165) is 36.9 Å². The standard InChI is InChI=1S/C16H19N3O2S/c20-11-10-18-6-8-19(9-7-18)16-17-15(21)14(22-16)12-13-4-2-1-3-5-13/h1-5,12,20H,6-11H2/b14-12-. The van der Waals surface area contributed by atoms with Gasteiger partial charge in [-0.2, -0.15) is 4.99 Å². The van der Waals surface area contributed by atoms with Crippen molar-refractivity contribution in [3.63, 3.8) is 0 Å². The highest BCUT2D eigenvalue weighted by atomic mass is 32.2. The number of aliphatic hydroxyl groups excluding tert-OH is 1. The van der Waals surface area contributed by atoms with Gasteiger partial charge in [0.15, 0.2) is 5.17 Å². The number of thioether (sulfide) groups is 1. The number of hydrogen-bond acceptors (Lipinski definition) is 5. The third-order valence-electron chi connectivity index (χ3n) is 3.77. The predicted molar refractivity (Wildman–Crippen MR) is 89.6 cm³/mol. The molecule has 2 aliphatic rings. The molecule has 0 aliphatic carbocycles. The summed E-state index contributed by atoms with van der Waals surface area (Å²) in [7, 11) is 0. The minimum Gasteiger partial charge on any atom is -0.395 e. The predicted octanol–water partition coefficient (Wildman–Crippen LogP) is 1.27. The molecule has 0 unspecified atom stereocenters. The van der Waals surface area contributed by atoms with Crippen LogP contribution in [0.3, 0.4) is 0 Å². The van der Waals surface area contributed by atoms with Crippen molar-refractivity contribution in [3.05, 3.63) is 40.8 Å². The fraction of sp³-hybridized carbons (Fsp3) is 0.375. The van der Waals surface area contributed by atoms with Gasteiger partial charge in [-0.1, -0.05) is 30.3 Å². The molecule has 1 aromatic rings. The fourth-order valence-electron chi connectivity index (χ4n) is 2.54. The highest BCUT2D eigenvalue weighted by molar-refractivity contribution is 8.18. The molecule has 1 aromatic carbocycles. The quantitative estimate of drug-likeness (QED) is 0.851. The first kappa shape index (κ1) is 15.3. The number of carbonyl (C=O) groups excluding carboxylic acids is 1. The minimum absolute atomic E-state index is 0.151. The lowest BCUT2D eigenvalue weighted by molar-refractivity contribution is -0.113. The summed E-state index contributed by atoms with van der Waals surface area (Å²) < 4.78 is 0. The molecular formula is C16H19N3O2S. The second-order valence-corrected chi connectivity index (χ2v) is 6.28. The Bertz CT molecular complexity index is 593. The molecule has 3 rings (SSSR count). The van der Waals surface area contributed by atoms with Crippen LogP contribution in [0.4, 0.5) is 0 Å². The normalized spacial score (nSPS) is 21.5. The molecule has 1 saturated heterocycles. The van der Waals surface area contributed by atoms with Crippen LogP contribution >= 0.6 is 11.8 Å². The van der Waals surface area contributed by atoms with E-state index in [1.165, 1.54) is 11.8 Å². The van der Waals surface area contributed by atoms with Crippen LogP contribution in [-0.4, -0.2) is 65.3 Å². The summed E-state index contributed by atoms with van der Waals surface area (Å²) in [6, 6.07) is 9.83. The maximum atomic E-state index is 12.1. The van der Waals surface area contributed by atoms with E-state index in [4.69, 9.17) is 5.11 Å². The zero-order valence-corrected chi connectivity index (χ0v) is 13.1. The maximum absolute atomic E-state index is 12.1. The molecule has 22 heavy (non-hydrogen) atoms. The van der Waals surface area contributed by atoms with Crippen LogP contribution in [0.15, 0.2) is 40.2 Å². The van der Waals surface area contributed by atoms with Gasteiger partial charge in [-0.25, -0.2) is 0 Å². The number of benzene rings is 1. The van der Waals surface area contributed by atoms with Crippen molar-refractivity contribution in [2.75, 3.05) is 39.3 Å². The monoisotopic (exact) mass is 317 g/mol. The molecule has 116 valence electrons. The van der Waals surface area contributed by atoms with Gasteiger partial charge in [-0.3, -0.25) is 9.69 Å². The zero-order chi connectivity index (χ0) is 15.4. The number of piperazine rings is 1. The number of aliphatic hydroxyl groups is 1. The minimum atomic E-state index is -0.151. The van der Waals surface area contributed by atoms with E-state index in [2.05, 4.69) is 14.8 Å². The van der Waals surface area contributed by atoms with Crippen LogP contribution in [0.1, 0.15) is 5.56 Å². The number of nitrogens with zero attached hydrogens (tertiary/aromatic N) is 3. The molecule has 0 atom stereocenters. The number of carbonyl (C=O) groups is 1. The first-order valence-electron chi connectivity index (χ1n) is 7.42. The van der Waals surface area contributed by atoms with E-state index >= 15 is 0 Å². The van der Waals surface area contributed by atoms with Crippen molar-refractivity contribution in [3.8, 4) is 0 Å². The summed E-state index contributed by atoms with van der Waals surface area (Å²) >= 11 is 1.45. The van der Waals surface area contributed by atoms with E-state index in [9.17, 15) is 4.79 Å². The number of rotatable bonds is 3. The van der Waals surface area contributed by atoms with E-state index in [-0.39, 0.29) is 12.5 Å². The van der Waals surface area contributed by atoms with Crippen LogP contribution in [0.25, 0.3) is 6.08 Å². The van der Waals surface area contributed by atoms with Crippen LogP contribution in [-0.2, 0) is 4.79 Å². The van der Waals surface area contributed by atoms with E-state index in [0.29, 0.717) is 11.4 Å². The van der Waals surface area contributed by atoms with Crippen molar-refractivity contribution >= 4 is 28.9 Å². The lowest BCUT2D eigenvalue weighted by Gasteiger charge is -2.34. The topological polar surface area (TPSA) is 56.1 Å². The molecule has 5 nitrogen and oxygen atoms in total. The van der Waals surface area contributed by atoms with Gasteiger partial charge < -0.3 is 10.0 Å². The number of aliphatic imine (C=N–C) groups is 1. The Morgan fingerprint density at radius 2 is 1.91 bits per heavy atom. The third-order valence-corrected chi connectivity index (χ3v) is 4.81. The lowest BCUT2D eigenvalue weighted by Crippen LogP contribution is -2.48. The molecule has 0 radical (unpaired) electrons. The molecule has 1 N–H and O–H groups in total. The van der Waals surface area contributed by atoms with Crippen LogP contribution in [0.2, 0.25) is 0 Å².